The van der Waals surface area contributed by atoms with E-state index in [1.807, 2.05) is 30.3 Å². The Labute approximate surface area is 203 Å². The van der Waals surface area contributed by atoms with Gasteiger partial charge in [0, 0.05) is 26.2 Å². The van der Waals surface area contributed by atoms with Crippen LogP contribution < -0.4 is 9.80 Å². The molecule has 33 heavy (non-hydrogen) atoms. The molecule has 1 heterocycles. The number of nitriles is 1. The Morgan fingerprint density at radius 3 is 2.42 bits per heavy atom. The Kier molecular flexibility index (Phi) is 7.06. The fourth-order valence-electron chi connectivity index (χ4n) is 3.72. The molecule has 0 atom stereocenters. The Morgan fingerprint density at radius 2 is 1.85 bits per heavy atom. The Morgan fingerprint density at radius 1 is 1.21 bits per heavy atom. The Hall–Kier alpha value is -3.02. The van der Waals surface area contributed by atoms with Crippen molar-refractivity contribution in [2.45, 2.75) is 38.6 Å². The molecule has 1 aliphatic rings. The molecular formula is C24H24ClFN4O2S. The number of carbonyl (C=O) groups is 2. The van der Waals surface area contributed by atoms with Gasteiger partial charge in [0.15, 0.2) is 10.9 Å². The molecule has 0 aliphatic carbocycles. The lowest BCUT2D eigenvalue weighted by molar-refractivity contribution is -0.128. The molecule has 2 aromatic rings. The number of halogens is 2. The van der Waals surface area contributed by atoms with Crippen LogP contribution in [0.2, 0.25) is 5.02 Å². The van der Waals surface area contributed by atoms with Gasteiger partial charge in [-0.3, -0.25) is 14.5 Å². The number of rotatable bonds is 6. The van der Waals surface area contributed by atoms with E-state index in [4.69, 9.17) is 29.1 Å². The second-order valence-electron chi connectivity index (χ2n) is 8.50. The molecule has 172 valence electrons. The van der Waals surface area contributed by atoms with Gasteiger partial charge in [-0.1, -0.05) is 23.7 Å². The van der Waals surface area contributed by atoms with Crippen molar-refractivity contribution in [3.8, 4) is 6.07 Å². The van der Waals surface area contributed by atoms with E-state index in [2.05, 4.69) is 0 Å². The van der Waals surface area contributed by atoms with Gasteiger partial charge in [0.05, 0.1) is 16.3 Å². The maximum atomic E-state index is 14.9. The van der Waals surface area contributed by atoms with Crippen LogP contribution in [0.4, 0.5) is 15.8 Å². The molecular weight excluding hydrogens is 463 g/mol. The molecule has 1 saturated heterocycles. The van der Waals surface area contributed by atoms with Gasteiger partial charge in [-0.2, -0.15) is 5.26 Å². The fraction of sp³-hybridized carbons (Fsp3) is 0.333. The largest absolute Gasteiger partial charge is 0.349 e. The molecule has 3 rings (SSSR count). The highest BCUT2D eigenvalue weighted by Crippen LogP contribution is 2.39. The first-order chi connectivity index (χ1) is 15.5. The first kappa shape index (κ1) is 24.6. The molecule has 0 aromatic heterocycles. The predicted octanol–water partition coefficient (Wildman–Crippen LogP) is 4.68. The molecule has 9 heteroatoms. The molecule has 1 fully saturated rings. The molecule has 2 aromatic carbocycles. The highest BCUT2D eigenvalue weighted by molar-refractivity contribution is 7.81. The van der Waals surface area contributed by atoms with Gasteiger partial charge >= 0.3 is 0 Å². The highest BCUT2D eigenvalue weighted by Gasteiger charge is 2.51. The molecule has 0 bridgehead atoms. The summed E-state index contributed by atoms with van der Waals surface area (Å²) in [6.07, 6.45) is 1.95. The van der Waals surface area contributed by atoms with Crippen molar-refractivity contribution in [2.75, 3.05) is 23.9 Å². The van der Waals surface area contributed by atoms with E-state index < -0.39 is 17.3 Å². The Bertz CT molecular complexity index is 1160. The number of hydrogen-bond acceptors (Lipinski definition) is 4. The standard InChI is InChI=1S/C24H24ClFN4O2S/c1-24(2)22(32)29(18-13-10-16(14-27)20(25)21(18)26)23(33)30(24)17-11-8-15(9-12-17)6-5-7-19(31)28(3)4/h8-13H,5-7H2,1-4H3. The van der Waals surface area contributed by atoms with Crippen molar-refractivity contribution in [1.29, 1.82) is 5.26 Å². The smallest absolute Gasteiger partial charge is 0.259 e. The van der Waals surface area contributed by atoms with Crippen molar-refractivity contribution in [1.82, 2.24) is 4.90 Å². The number of nitrogens with zero attached hydrogens (tertiary/aromatic N) is 4. The minimum absolute atomic E-state index is 0.0190. The van der Waals surface area contributed by atoms with Crippen molar-refractivity contribution < 1.29 is 14.0 Å². The lowest BCUT2D eigenvalue weighted by Gasteiger charge is -2.29. The molecule has 0 N–H and O–H groups in total. The average molecular weight is 487 g/mol. The summed E-state index contributed by atoms with van der Waals surface area (Å²) in [6, 6.07) is 12.1. The lowest BCUT2D eigenvalue weighted by atomic mass is 10.0. The predicted molar refractivity (Wildman–Crippen MR) is 131 cm³/mol. The van der Waals surface area contributed by atoms with Crippen LogP contribution in [0, 0.1) is 17.1 Å². The van der Waals surface area contributed by atoms with Crippen LogP contribution in [0.1, 0.15) is 37.8 Å². The van der Waals surface area contributed by atoms with E-state index in [0.29, 0.717) is 12.1 Å². The molecule has 0 radical (unpaired) electrons. The maximum Gasteiger partial charge on any atom is 0.259 e. The van der Waals surface area contributed by atoms with Gasteiger partial charge in [-0.05, 0) is 68.7 Å². The van der Waals surface area contributed by atoms with E-state index in [1.54, 1.807) is 37.7 Å². The fourth-order valence-corrected chi connectivity index (χ4v) is 4.44. The first-order valence-electron chi connectivity index (χ1n) is 10.4. The third-order valence-electron chi connectivity index (χ3n) is 5.64. The number of thiocarbonyl (C=S) groups is 1. The number of anilines is 2. The van der Waals surface area contributed by atoms with Crippen LogP contribution in [0.15, 0.2) is 36.4 Å². The van der Waals surface area contributed by atoms with Gasteiger partial charge in [-0.25, -0.2) is 4.39 Å². The summed E-state index contributed by atoms with van der Waals surface area (Å²) >= 11 is 11.6. The van der Waals surface area contributed by atoms with Crippen molar-refractivity contribution >= 4 is 52.1 Å². The van der Waals surface area contributed by atoms with Crippen LogP contribution in [-0.4, -0.2) is 41.5 Å². The zero-order valence-electron chi connectivity index (χ0n) is 18.9. The second-order valence-corrected chi connectivity index (χ2v) is 9.24. The van der Waals surface area contributed by atoms with E-state index in [-0.39, 0.29) is 27.3 Å². The molecule has 0 spiro atoms. The zero-order chi connectivity index (χ0) is 24.5. The maximum absolute atomic E-state index is 14.9. The third-order valence-corrected chi connectivity index (χ3v) is 6.38. The summed E-state index contributed by atoms with van der Waals surface area (Å²) in [5.41, 5.74) is 0.570. The molecule has 0 unspecified atom stereocenters. The van der Waals surface area contributed by atoms with Crippen LogP contribution in [-0.2, 0) is 16.0 Å². The quantitative estimate of drug-likeness (QED) is 0.555. The van der Waals surface area contributed by atoms with Crippen LogP contribution in [0.3, 0.4) is 0 Å². The van der Waals surface area contributed by atoms with Gasteiger partial charge in [0.1, 0.15) is 11.6 Å². The van der Waals surface area contributed by atoms with E-state index in [9.17, 15) is 14.0 Å². The minimum atomic E-state index is -1.07. The molecule has 2 amide bonds. The summed E-state index contributed by atoms with van der Waals surface area (Å²) < 4.78 is 14.9. The summed E-state index contributed by atoms with van der Waals surface area (Å²) in [4.78, 5) is 29.4. The van der Waals surface area contributed by atoms with E-state index >= 15 is 0 Å². The average Bonchev–Trinajstić information content (AvgIpc) is 2.94. The summed E-state index contributed by atoms with van der Waals surface area (Å²) in [5.74, 6) is -1.19. The van der Waals surface area contributed by atoms with Crippen LogP contribution in [0.25, 0.3) is 0 Å². The van der Waals surface area contributed by atoms with Crippen LogP contribution in [0.5, 0.6) is 0 Å². The van der Waals surface area contributed by atoms with Crippen LogP contribution >= 0.6 is 23.8 Å². The normalized spacial score (nSPS) is 15.1. The third kappa shape index (κ3) is 4.56. The minimum Gasteiger partial charge on any atom is -0.349 e. The van der Waals surface area contributed by atoms with Crippen molar-refractivity contribution in [2.24, 2.45) is 0 Å². The summed E-state index contributed by atoms with van der Waals surface area (Å²) in [5, 5.41) is 8.84. The number of amides is 2. The van der Waals surface area contributed by atoms with Gasteiger partial charge in [-0.15, -0.1) is 0 Å². The van der Waals surface area contributed by atoms with Gasteiger partial charge < -0.3 is 9.80 Å². The number of aryl methyl sites for hydroxylation is 1. The van der Waals surface area contributed by atoms with E-state index in [1.165, 1.54) is 12.1 Å². The number of hydrogen-bond donors (Lipinski definition) is 0. The topological polar surface area (TPSA) is 67.7 Å². The monoisotopic (exact) mass is 486 g/mol. The number of carbonyl (C=O) groups excluding carboxylic acids is 2. The Balaban J connectivity index is 1.85. The summed E-state index contributed by atoms with van der Waals surface area (Å²) in [7, 11) is 3.47. The zero-order valence-corrected chi connectivity index (χ0v) is 20.4. The first-order valence-corrected chi connectivity index (χ1v) is 11.1. The van der Waals surface area contributed by atoms with Gasteiger partial charge in [0.25, 0.3) is 5.91 Å². The van der Waals surface area contributed by atoms with E-state index in [0.717, 1.165) is 23.3 Å². The van der Waals surface area contributed by atoms with Gasteiger partial charge in [0.2, 0.25) is 5.91 Å². The highest BCUT2D eigenvalue weighted by atomic mass is 35.5. The SMILES string of the molecule is CN(C)C(=O)CCCc1ccc(N2C(=S)N(c3ccc(C#N)c(Cl)c3F)C(=O)C2(C)C)cc1. The van der Waals surface area contributed by atoms with Crippen molar-refractivity contribution in [3.05, 3.63) is 58.4 Å². The lowest BCUT2D eigenvalue weighted by Crippen LogP contribution is -2.44. The van der Waals surface area contributed by atoms with Crippen molar-refractivity contribution in [3.63, 3.8) is 0 Å². The molecule has 6 nitrogen and oxygen atoms in total. The molecule has 0 saturated carbocycles. The molecule has 1 aliphatic heterocycles. The summed E-state index contributed by atoms with van der Waals surface area (Å²) in [6.45, 7) is 3.43. The second kappa shape index (κ2) is 9.46. The number of benzene rings is 2.